The predicted octanol–water partition coefficient (Wildman–Crippen LogP) is 1.43. The van der Waals surface area contributed by atoms with Gasteiger partial charge in [-0.15, -0.1) is 0 Å². The topological polar surface area (TPSA) is 66.8 Å². The zero-order valence-corrected chi connectivity index (χ0v) is 13.4. The summed E-state index contributed by atoms with van der Waals surface area (Å²) in [7, 11) is -1.85. The molecule has 0 atom stereocenters. The van der Waals surface area contributed by atoms with Gasteiger partial charge in [0.25, 0.3) is 0 Å². The SMILES string of the molecule is CSCCN(C)S(=O)(=O)c1ccc(OCCCO)cc1. The maximum atomic E-state index is 12.3. The monoisotopic (exact) mass is 319 g/mol. The van der Waals surface area contributed by atoms with E-state index in [0.29, 0.717) is 25.3 Å². The molecule has 0 saturated heterocycles. The molecule has 0 fully saturated rings. The van der Waals surface area contributed by atoms with Crippen LogP contribution in [0.3, 0.4) is 0 Å². The fourth-order valence-electron chi connectivity index (χ4n) is 1.48. The number of nitrogens with zero attached hydrogens (tertiary/aromatic N) is 1. The van der Waals surface area contributed by atoms with Gasteiger partial charge in [-0.2, -0.15) is 11.8 Å². The average molecular weight is 319 g/mol. The number of hydrogen-bond acceptors (Lipinski definition) is 5. The van der Waals surface area contributed by atoms with Gasteiger partial charge in [-0.3, -0.25) is 0 Å². The molecule has 0 aliphatic carbocycles. The van der Waals surface area contributed by atoms with Gasteiger partial charge in [0.05, 0.1) is 11.5 Å². The molecule has 1 aromatic carbocycles. The third-order valence-electron chi connectivity index (χ3n) is 2.71. The summed E-state index contributed by atoms with van der Waals surface area (Å²) in [6.07, 6.45) is 2.50. The first kappa shape index (κ1) is 17.3. The maximum absolute atomic E-state index is 12.3. The Hall–Kier alpha value is -0.760. The Morgan fingerprint density at radius 1 is 1.30 bits per heavy atom. The number of rotatable bonds is 9. The molecule has 20 heavy (non-hydrogen) atoms. The summed E-state index contributed by atoms with van der Waals surface area (Å²) in [5.74, 6) is 1.36. The van der Waals surface area contributed by atoms with Crippen LogP contribution in [0, 0.1) is 0 Å². The van der Waals surface area contributed by atoms with E-state index in [0.717, 1.165) is 5.75 Å². The van der Waals surface area contributed by atoms with E-state index in [1.807, 2.05) is 6.26 Å². The van der Waals surface area contributed by atoms with Crippen molar-refractivity contribution in [1.82, 2.24) is 4.31 Å². The molecule has 1 aromatic rings. The lowest BCUT2D eigenvalue weighted by molar-refractivity contribution is 0.233. The number of aliphatic hydroxyl groups excluding tert-OH is 1. The van der Waals surface area contributed by atoms with Crippen LogP contribution in [0.4, 0.5) is 0 Å². The standard InChI is InChI=1S/C13H21NO4S2/c1-14(8-11-19-2)20(16,17)13-6-4-12(5-7-13)18-10-3-9-15/h4-7,15H,3,8-11H2,1-2H3. The van der Waals surface area contributed by atoms with E-state index in [4.69, 9.17) is 9.84 Å². The molecule has 0 heterocycles. The molecule has 0 amide bonds. The van der Waals surface area contributed by atoms with Crippen LogP contribution in [0.25, 0.3) is 0 Å². The molecule has 7 heteroatoms. The third-order valence-corrected chi connectivity index (χ3v) is 5.18. The average Bonchev–Trinajstić information content (AvgIpc) is 2.45. The van der Waals surface area contributed by atoms with Crippen molar-refractivity contribution in [2.75, 3.05) is 38.8 Å². The number of sulfonamides is 1. The smallest absolute Gasteiger partial charge is 0.242 e. The highest BCUT2D eigenvalue weighted by Gasteiger charge is 2.19. The van der Waals surface area contributed by atoms with Crippen molar-refractivity contribution in [3.63, 3.8) is 0 Å². The quantitative estimate of drug-likeness (QED) is 0.698. The first-order chi connectivity index (χ1) is 9.52. The molecule has 0 aliphatic heterocycles. The van der Waals surface area contributed by atoms with Crippen LogP contribution in [-0.4, -0.2) is 56.6 Å². The van der Waals surface area contributed by atoms with Crippen LogP contribution in [0.15, 0.2) is 29.2 Å². The molecule has 1 N–H and O–H groups in total. The van der Waals surface area contributed by atoms with Gasteiger partial charge in [0.15, 0.2) is 0 Å². The van der Waals surface area contributed by atoms with E-state index in [9.17, 15) is 8.42 Å². The van der Waals surface area contributed by atoms with Crippen LogP contribution in [0.1, 0.15) is 6.42 Å². The molecule has 0 spiro atoms. The van der Waals surface area contributed by atoms with E-state index in [2.05, 4.69) is 0 Å². The summed E-state index contributed by atoms with van der Waals surface area (Å²) in [6.45, 7) is 0.973. The zero-order chi connectivity index (χ0) is 15.0. The van der Waals surface area contributed by atoms with Gasteiger partial charge in [-0.05, 0) is 30.5 Å². The van der Waals surface area contributed by atoms with E-state index in [-0.39, 0.29) is 11.5 Å². The van der Waals surface area contributed by atoms with Crippen LogP contribution < -0.4 is 4.74 Å². The van der Waals surface area contributed by atoms with E-state index < -0.39 is 10.0 Å². The molecular formula is C13H21NO4S2. The normalized spacial score (nSPS) is 11.8. The second-order valence-electron chi connectivity index (χ2n) is 4.22. The minimum atomic E-state index is -3.43. The van der Waals surface area contributed by atoms with Gasteiger partial charge >= 0.3 is 0 Å². The third kappa shape index (κ3) is 4.97. The van der Waals surface area contributed by atoms with Crippen molar-refractivity contribution in [3.05, 3.63) is 24.3 Å². The summed E-state index contributed by atoms with van der Waals surface area (Å²) >= 11 is 1.61. The van der Waals surface area contributed by atoms with Crippen molar-refractivity contribution in [2.45, 2.75) is 11.3 Å². The molecule has 114 valence electrons. The molecule has 1 rings (SSSR count). The lowest BCUT2D eigenvalue weighted by Crippen LogP contribution is -2.29. The van der Waals surface area contributed by atoms with Crippen LogP contribution >= 0.6 is 11.8 Å². The van der Waals surface area contributed by atoms with Gasteiger partial charge in [0, 0.05) is 32.4 Å². The minimum Gasteiger partial charge on any atom is -0.494 e. The second-order valence-corrected chi connectivity index (χ2v) is 7.25. The lowest BCUT2D eigenvalue weighted by Gasteiger charge is -2.16. The number of thioether (sulfide) groups is 1. The molecular weight excluding hydrogens is 298 g/mol. The highest BCUT2D eigenvalue weighted by molar-refractivity contribution is 7.98. The molecule has 0 radical (unpaired) electrons. The van der Waals surface area contributed by atoms with Crippen molar-refractivity contribution in [2.24, 2.45) is 0 Å². The van der Waals surface area contributed by atoms with Crippen molar-refractivity contribution < 1.29 is 18.3 Å². The highest BCUT2D eigenvalue weighted by atomic mass is 32.2. The lowest BCUT2D eigenvalue weighted by atomic mass is 10.3. The molecule has 0 saturated carbocycles. The van der Waals surface area contributed by atoms with Gasteiger partial charge in [0.2, 0.25) is 10.0 Å². The van der Waals surface area contributed by atoms with Crippen molar-refractivity contribution in [1.29, 1.82) is 0 Å². The van der Waals surface area contributed by atoms with Gasteiger partial charge in [-0.1, -0.05) is 0 Å². The summed E-state index contributed by atoms with van der Waals surface area (Å²) in [6, 6.07) is 6.34. The number of ether oxygens (including phenoxy) is 1. The second kappa shape index (κ2) is 8.51. The molecule has 0 aliphatic rings. The largest absolute Gasteiger partial charge is 0.494 e. The van der Waals surface area contributed by atoms with Gasteiger partial charge in [0.1, 0.15) is 5.75 Å². The molecule has 0 aromatic heterocycles. The van der Waals surface area contributed by atoms with Gasteiger partial charge in [-0.25, -0.2) is 12.7 Å². The fourth-order valence-corrected chi connectivity index (χ4v) is 3.23. The van der Waals surface area contributed by atoms with E-state index in [1.165, 1.54) is 4.31 Å². The van der Waals surface area contributed by atoms with Crippen molar-refractivity contribution in [3.8, 4) is 5.75 Å². The first-order valence-corrected chi connectivity index (χ1v) is 9.14. The predicted molar refractivity (Wildman–Crippen MR) is 81.8 cm³/mol. The number of benzene rings is 1. The maximum Gasteiger partial charge on any atom is 0.242 e. The fraction of sp³-hybridized carbons (Fsp3) is 0.538. The Morgan fingerprint density at radius 2 is 1.95 bits per heavy atom. The minimum absolute atomic E-state index is 0.0761. The number of aliphatic hydroxyl groups is 1. The van der Waals surface area contributed by atoms with E-state index >= 15 is 0 Å². The highest BCUT2D eigenvalue weighted by Crippen LogP contribution is 2.19. The Labute approximate surface area is 125 Å². The molecule has 0 bridgehead atoms. The Bertz CT molecular complexity index is 488. The first-order valence-electron chi connectivity index (χ1n) is 6.31. The summed E-state index contributed by atoms with van der Waals surface area (Å²) in [4.78, 5) is 0.260. The summed E-state index contributed by atoms with van der Waals surface area (Å²) < 4.78 is 31.2. The Morgan fingerprint density at radius 3 is 2.50 bits per heavy atom. The Balaban J connectivity index is 2.71. The summed E-state index contributed by atoms with van der Waals surface area (Å²) in [5, 5.41) is 8.66. The zero-order valence-electron chi connectivity index (χ0n) is 11.8. The number of hydrogen-bond donors (Lipinski definition) is 1. The van der Waals surface area contributed by atoms with E-state index in [1.54, 1.807) is 43.1 Å². The van der Waals surface area contributed by atoms with Gasteiger partial charge < -0.3 is 9.84 Å². The molecule has 5 nitrogen and oxygen atoms in total. The van der Waals surface area contributed by atoms with Crippen LogP contribution in [0.2, 0.25) is 0 Å². The van der Waals surface area contributed by atoms with Crippen LogP contribution in [0.5, 0.6) is 5.75 Å². The Kier molecular flexibility index (Phi) is 7.36. The summed E-state index contributed by atoms with van der Waals surface area (Å²) in [5.41, 5.74) is 0. The molecule has 0 unspecified atom stereocenters. The van der Waals surface area contributed by atoms with Crippen molar-refractivity contribution >= 4 is 21.8 Å². The van der Waals surface area contributed by atoms with Crippen LogP contribution in [-0.2, 0) is 10.0 Å².